The van der Waals surface area contributed by atoms with Gasteiger partial charge in [0.2, 0.25) is 0 Å². The van der Waals surface area contributed by atoms with E-state index in [1.165, 1.54) is 0 Å². The summed E-state index contributed by atoms with van der Waals surface area (Å²) in [5.74, 6) is 2.35. The molecule has 0 aliphatic carbocycles. The fraction of sp³-hybridized carbons (Fsp3) is 0.238. The van der Waals surface area contributed by atoms with E-state index in [1.54, 1.807) is 12.5 Å². The number of rotatable bonds is 8. The molecule has 0 aliphatic heterocycles. The topological polar surface area (TPSA) is 51.9 Å². The van der Waals surface area contributed by atoms with Crippen LogP contribution in [0.25, 0.3) is 0 Å². The second kappa shape index (κ2) is 9.43. The Morgan fingerprint density at radius 1 is 1.04 bits per heavy atom. The van der Waals surface area contributed by atoms with Crippen LogP contribution in [0.2, 0.25) is 0 Å². The third-order valence-corrected chi connectivity index (χ3v) is 3.95. The molecule has 3 rings (SSSR count). The van der Waals surface area contributed by atoms with Gasteiger partial charge >= 0.3 is 0 Å². The second-order valence-corrected chi connectivity index (χ2v) is 5.87. The molecule has 0 N–H and O–H groups in total. The SMILES string of the molecule is CCN(C)N=C(c1ccccc1OCCOc1ccccc1)n1ccnc1. The zero-order chi connectivity index (χ0) is 18.9. The van der Waals surface area contributed by atoms with Gasteiger partial charge in [0.25, 0.3) is 0 Å². The van der Waals surface area contributed by atoms with Crippen molar-refractivity contribution in [2.24, 2.45) is 5.10 Å². The summed E-state index contributed by atoms with van der Waals surface area (Å²) in [6.45, 7) is 3.75. The lowest BCUT2D eigenvalue weighted by atomic mass is 10.2. The first-order valence-corrected chi connectivity index (χ1v) is 8.96. The number of hydrogen-bond acceptors (Lipinski definition) is 5. The van der Waals surface area contributed by atoms with Gasteiger partial charge in [0.1, 0.15) is 31.0 Å². The van der Waals surface area contributed by atoms with Gasteiger partial charge in [-0.15, -0.1) is 0 Å². The van der Waals surface area contributed by atoms with E-state index in [1.807, 2.05) is 77.4 Å². The van der Waals surface area contributed by atoms with Gasteiger partial charge in [-0.1, -0.05) is 30.3 Å². The minimum Gasteiger partial charge on any atom is -0.490 e. The highest BCUT2D eigenvalue weighted by Crippen LogP contribution is 2.20. The van der Waals surface area contributed by atoms with Crippen LogP contribution in [0, 0.1) is 0 Å². The van der Waals surface area contributed by atoms with Crippen molar-refractivity contribution in [1.29, 1.82) is 0 Å². The number of ether oxygens (including phenoxy) is 2. The molecule has 0 radical (unpaired) electrons. The fourth-order valence-corrected chi connectivity index (χ4v) is 2.47. The van der Waals surface area contributed by atoms with Crippen molar-refractivity contribution in [1.82, 2.24) is 14.6 Å². The van der Waals surface area contributed by atoms with Crippen molar-refractivity contribution in [3.63, 3.8) is 0 Å². The maximum absolute atomic E-state index is 6.00. The lowest BCUT2D eigenvalue weighted by Crippen LogP contribution is -2.21. The normalized spacial score (nSPS) is 11.3. The molecule has 2 aromatic carbocycles. The predicted octanol–water partition coefficient (Wildman–Crippen LogP) is 3.50. The van der Waals surface area contributed by atoms with Gasteiger partial charge in [-0.3, -0.25) is 9.58 Å². The lowest BCUT2D eigenvalue weighted by Gasteiger charge is -2.17. The smallest absolute Gasteiger partial charge is 0.169 e. The van der Waals surface area contributed by atoms with E-state index in [-0.39, 0.29) is 0 Å². The van der Waals surface area contributed by atoms with Gasteiger partial charge in [-0.25, -0.2) is 4.98 Å². The van der Waals surface area contributed by atoms with E-state index >= 15 is 0 Å². The first-order valence-electron chi connectivity index (χ1n) is 8.96. The zero-order valence-electron chi connectivity index (χ0n) is 15.7. The van der Waals surface area contributed by atoms with Crippen molar-refractivity contribution >= 4 is 5.84 Å². The van der Waals surface area contributed by atoms with Crippen LogP contribution in [-0.2, 0) is 0 Å². The van der Waals surface area contributed by atoms with Crippen molar-refractivity contribution in [3.05, 3.63) is 78.9 Å². The van der Waals surface area contributed by atoms with Crippen LogP contribution < -0.4 is 9.47 Å². The molecule has 0 aliphatic rings. The summed E-state index contributed by atoms with van der Waals surface area (Å²) >= 11 is 0. The van der Waals surface area contributed by atoms with Crippen LogP contribution in [0.4, 0.5) is 0 Å². The molecule has 0 fully saturated rings. The first kappa shape index (κ1) is 18.5. The number of para-hydroxylation sites is 2. The molecule has 1 aromatic heterocycles. The number of nitrogens with zero attached hydrogens (tertiary/aromatic N) is 4. The Bertz CT molecular complexity index is 848. The lowest BCUT2D eigenvalue weighted by molar-refractivity contribution is 0.217. The molecule has 0 amide bonds. The van der Waals surface area contributed by atoms with Crippen LogP contribution in [0.15, 0.2) is 78.4 Å². The minimum absolute atomic E-state index is 0.437. The Kier molecular flexibility index (Phi) is 6.46. The highest BCUT2D eigenvalue weighted by molar-refractivity contribution is 6.02. The zero-order valence-corrected chi connectivity index (χ0v) is 15.7. The standard InChI is InChI=1S/C21H24N4O2/c1-3-24(2)23-21(25-14-13-22-17-25)19-11-7-8-12-20(19)27-16-15-26-18-9-5-4-6-10-18/h4-14,17H,3,15-16H2,1-2H3. The molecule has 0 saturated carbocycles. The monoisotopic (exact) mass is 364 g/mol. The summed E-state index contributed by atoms with van der Waals surface area (Å²) < 4.78 is 13.6. The van der Waals surface area contributed by atoms with E-state index in [9.17, 15) is 0 Å². The van der Waals surface area contributed by atoms with Gasteiger partial charge in [-0.05, 0) is 31.2 Å². The Morgan fingerprint density at radius 2 is 1.78 bits per heavy atom. The first-order chi connectivity index (χ1) is 13.3. The van der Waals surface area contributed by atoms with Crippen molar-refractivity contribution in [2.45, 2.75) is 6.92 Å². The summed E-state index contributed by atoms with van der Waals surface area (Å²) in [5, 5.41) is 6.59. The summed E-state index contributed by atoms with van der Waals surface area (Å²) in [6.07, 6.45) is 5.34. The molecule has 27 heavy (non-hydrogen) atoms. The number of aromatic nitrogens is 2. The minimum atomic E-state index is 0.437. The predicted molar refractivity (Wildman–Crippen MR) is 106 cm³/mol. The molecular weight excluding hydrogens is 340 g/mol. The molecule has 0 unspecified atom stereocenters. The van der Waals surface area contributed by atoms with E-state index in [0.717, 1.165) is 29.4 Å². The average Bonchev–Trinajstić information content (AvgIpc) is 3.25. The maximum atomic E-state index is 6.00. The van der Waals surface area contributed by atoms with Crippen LogP contribution in [0.3, 0.4) is 0 Å². The van der Waals surface area contributed by atoms with Gasteiger partial charge in [0.05, 0.1) is 5.56 Å². The average molecular weight is 364 g/mol. The maximum Gasteiger partial charge on any atom is 0.169 e. The highest BCUT2D eigenvalue weighted by Gasteiger charge is 2.13. The van der Waals surface area contributed by atoms with Crippen molar-refractivity contribution < 1.29 is 9.47 Å². The molecule has 3 aromatic rings. The highest BCUT2D eigenvalue weighted by atomic mass is 16.5. The van der Waals surface area contributed by atoms with Crippen LogP contribution in [0.1, 0.15) is 12.5 Å². The molecule has 6 heteroatoms. The van der Waals surface area contributed by atoms with Crippen molar-refractivity contribution in [2.75, 3.05) is 26.8 Å². The summed E-state index contributed by atoms with van der Waals surface area (Å²) in [6, 6.07) is 17.6. The molecule has 140 valence electrons. The number of hydrazone groups is 1. The van der Waals surface area contributed by atoms with Gasteiger partial charge < -0.3 is 9.47 Å². The molecule has 0 bridgehead atoms. The fourth-order valence-electron chi connectivity index (χ4n) is 2.47. The van der Waals surface area contributed by atoms with Crippen molar-refractivity contribution in [3.8, 4) is 11.5 Å². The summed E-state index contributed by atoms with van der Waals surface area (Å²) in [4.78, 5) is 4.14. The van der Waals surface area contributed by atoms with E-state index < -0.39 is 0 Å². The van der Waals surface area contributed by atoms with E-state index in [0.29, 0.717) is 13.2 Å². The Hall–Kier alpha value is -3.28. The number of hydrogen-bond donors (Lipinski definition) is 0. The van der Waals surface area contributed by atoms with Crippen LogP contribution in [0.5, 0.6) is 11.5 Å². The molecule has 0 spiro atoms. The molecule has 6 nitrogen and oxygen atoms in total. The number of benzene rings is 2. The molecule has 1 heterocycles. The molecule has 0 saturated heterocycles. The summed E-state index contributed by atoms with van der Waals surface area (Å²) in [7, 11) is 1.94. The van der Waals surface area contributed by atoms with Crippen LogP contribution >= 0.6 is 0 Å². The van der Waals surface area contributed by atoms with Gasteiger partial charge in [0, 0.05) is 26.0 Å². The second-order valence-electron chi connectivity index (χ2n) is 5.87. The number of imidazole rings is 1. The largest absolute Gasteiger partial charge is 0.490 e. The molecule has 0 atom stereocenters. The van der Waals surface area contributed by atoms with E-state index in [4.69, 9.17) is 14.6 Å². The summed E-state index contributed by atoms with van der Waals surface area (Å²) in [5.41, 5.74) is 0.899. The Balaban J connectivity index is 1.74. The van der Waals surface area contributed by atoms with Gasteiger partial charge in [-0.2, -0.15) is 5.10 Å². The Labute approximate surface area is 159 Å². The third kappa shape index (κ3) is 5.10. The van der Waals surface area contributed by atoms with Crippen LogP contribution in [-0.4, -0.2) is 47.2 Å². The van der Waals surface area contributed by atoms with E-state index in [2.05, 4.69) is 11.9 Å². The van der Waals surface area contributed by atoms with Gasteiger partial charge in [0.15, 0.2) is 5.84 Å². The molecular formula is C21H24N4O2. The quantitative estimate of drug-likeness (QED) is 0.266. The third-order valence-electron chi connectivity index (χ3n) is 3.95. The Morgan fingerprint density at radius 3 is 2.52 bits per heavy atom.